The summed E-state index contributed by atoms with van der Waals surface area (Å²) in [5, 5.41) is 22.6. The number of hydrogen-bond donors (Lipinski definition) is 3. The van der Waals surface area contributed by atoms with Crippen LogP contribution in [0.1, 0.15) is 49.5 Å². The number of nitrogens with zero attached hydrogens (tertiary/aromatic N) is 1. The molecule has 0 radical (unpaired) electrons. The van der Waals surface area contributed by atoms with E-state index in [9.17, 15) is 24.0 Å². The smallest absolute Gasteiger partial charge is 0.341 e. The fourth-order valence-electron chi connectivity index (χ4n) is 4.63. The highest BCUT2D eigenvalue weighted by Crippen LogP contribution is 2.37. The average Bonchev–Trinajstić information content (AvgIpc) is 3.71. The first kappa shape index (κ1) is 28.7. The first-order chi connectivity index (χ1) is 18.2. The molecule has 38 heavy (non-hydrogen) atoms. The molecule has 3 N–H and O–H groups in total. The molecule has 11 nitrogen and oxygen atoms in total. The Balaban J connectivity index is 1.13. The van der Waals surface area contributed by atoms with Crippen LogP contribution >= 0.6 is 0 Å². The summed E-state index contributed by atoms with van der Waals surface area (Å²) in [6, 6.07) is 5.65. The van der Waals surface area contributed by atoms with E-state index in [2.05, 4.69) is 5.32 Å². The van der Waals surface area contributed by atoms with Crippen molar-refractivity contribution >= 4 is 33.6 Å². The molecule has 4 rings (SSSR count). The SMILES string of the molecule is CC1C[C@H](O)O[C@@H](C)[C@@H]1OS(=O)CCOCCOCCNc1ccc2c(c1)c(=O)c(C(=O)O)cn2C1CC1. The molecule has 2 heterocycles. The zero-order valence-corrected chi connectivity index (χ0v) is 22.5. The highest BCUT2D eigenvalue weighted by molar-refractivity contribution is 7.80. The molecule has 1 aromatic carbocycles. The predicted octanol–water partition coefficient (Wildman–Crippen LogP) is 2.29. The topological polar surface area (TPSA) is 146 Å². The minimum atomic E-state index is -1.51. The number of carboxylic acid groups (broad SMARTS) is 1. The van der Waals surface area contributed by atoms with Gasteiger partial charge < -0.3 is 34.3 Å². The first-order valence-electron chi connectivity index (χ1n) is 12.9. The number of ether oxygens (including phenoxy) is 3. The summed E-state index contributed by atoms with van der Waals surface area (Å²) >= 11 is -1.51. The Kier molecular flexibility index (Phi) is 9.91. The summed E-state index contributed by atoms with van der Waals surface area (Å²) in [7, 11) is 0. The third-order valence-corrected chi connectivity index (χ3v) is 7.67. The fourth-order valence-corrected chi connectivity index (χ4v) is 5.57. The van der Waals surface area contributed by atoms with Gasteiger partial charge in [-0.05, 0) is 43.9 Å². The number of rotatable bonds is 14. The van der Waals surface area contributed by atoms with Gasteiger partial charge >= 0.3 is 5.97 Å². The number of carboxylic acids is 1. The van der Waals surface area contributed by atoms with Crippen LogP contribution in [0, 0.1) is 5.92 Å². The van der Waals surface area contributed by atoms with E-state index in [1.54, 1.807) is 13.0 Å². The van der Waals surface area contributed by atoms with Gasteiger partial charge in [-0.1, -0.05) is 6.92 Å². The highest BCUT2D eigenvalue weighted by atomic mass is 32.2. The van der Waals surface area contributed by atoms with Crippen molar-refractivity contribution in [3.05, 3.63) is 40.2 Å². The monoisotopic (exact) mass is 552 g/mol. The maximum absolute atomic E-state index is 12.7. The van der Waals surface area contributed by atoms with Crippen LogP contribution in [0.3, 0.4) is 0 Å². The second kappa shape index (κ2) is 13.1. The molecule has 210 valence electrons. The molecule has 2 fully saturated rings. The average molecular weight is 553 g/mol. The third-order valence-electron chi connectivity index (χ3n) is 6.73. The van der Waals surface area contributed by atoms with Crippen molar-refractivity contribution in [3.63, 3.8) is 0 Å². The largest absolute Gasteiger partial charge is 0.477 e. The quantitative estimate of drug-likeness (QED) is 0.298. The Labute approximate surface area is 223 Å². The van der Waals surface area contributed by atoms with Gasteiger partial charge in [0.15, 0.2) is 17.4 Å². The predicted molar refractivity (Wildman–Crippen MR) is 142 cm³/mol. The van der Waals surface area contributed by atoms with Crippen molar-refractivity contribution in [3.8, 4) is 0 Å². The molecule has 2 aliphatic rings. The van der Waals surface area contributed by atoms with Gasteiger partial charge in [0.05, 0.1) is 43.8 Å². The van der Waals surface area contributed by atoms with E-state index >= 15 is 0 Å². The maximum Gasteiger partial charge on any atom is 0.341 e. The van der Waals surface area contributed by atoms with Gasteiger partial charge in [-0.2, -0.15) is 0 Å². The molecule has 0 amide bonds. The van der Waals surface area contributed by atoms with Crippen molar-refractivity contribution in [2.45, 2.75) is 57.6 Å². The van der Waals surface area contributed by atoms with Crippen molar-refractivity contribution in [1.29, 1.82) is 0 Å². The summed E-state index contributed by atoms with van der Waals surface area (Å²) in [4.78, 5) is 24.2. The molecule has 12 heteroatoms. The number of carbonyl (C=O) groups is 1. The zero-order valence-electron chi connectivity index (χ0n) is 21.7. The van der Waals surface area contributed by atoms with Gasteiger partial charge in [0.1, 0.15) is 11.7 Å². The van der Waals surface area contributed by atoms with Gasteiger partial charge in [0.2, 0.25) is 5.43 Å². The number of nitrogens with one attached hydrogen (secondary N) is 1. The molecule has 0 bridgehead atoms. The number of aromatic carboxylic acids is 1. The Morgan fingerprint density at radius 3 is 2.61 bits per heavy atom. The van der Waals surface area contributed by atoms with Crippen LogP contribution < -0.4 is 10.7 Å². The second-order valence-electron chi connectivity index (χ2n) is 9.78. The second-order valence-corrected chi connectivity index (χ2v) is 11.0. The lowest BCUT2D eigenvalue weighted by atomic mass is 9.94. The summed E-state index contributed by atoms with van der Waals surface area (Å²) in [5.41, 5.74) is 0.751. The molecule has 1 saturated heterocycles. The van der Waals surface area contributed by atoms with Gasteiger partial charge in [-0.25, -0.2) is 9.00 Å². The molecule has 1 aliphatic carbocycles. The Bertz CT molecular complexity index is 1190. The van der Waals surface area contributed by atoms with E-state index < -0.39 is 28.8 Å². The molecular formula is C26H36N2O9S. The maximum atomic E-state index is 12.7. The van der Waals surface area contributed by atoms with Crippen LogP contribution in [0.15, 0.2) is 29.2 Å². The number of aliphatic hydroxyl groups is 1. The lowest BCUT2D eigenvalue weighted by Crippen LogP contribution is -2.44. The van der Waals surface area contributed by atoms with Crippen LogP contribution in [-0.4, -0.2) is 82.2 Å². The molecular weight excluding hydrogens is 516 g/mol. The van der Waals surface area contributed by atoms with E-state index in [0.717, 1.165) is 18.4 Å². The van der Waals surface area contributed by atoms with Crippen LogP contribution in [-0.2, 0) is 29.5 Å². The molecule has 1 aromatic heterocycles. The standard InChI is InChI=1S/C26H36N2O9S/c1-16-13-23(29)36-17(2)25(16)37-38(33)12-11-35-10-9-34-8-7-27-18-3-6-22-20(14-18)24(30)21(26(31)32)15-28(22)19-4-5-19/h3,6,14-17,19,23,25,27,29H,4-5,7-13H2,1-2H3,(H,31,32)/t16?,17-,23+,25+,38?/m0/s1. The van der Waals surface area contributed by atoms with Crippen LogP contribution in [0.2, 0.25) is 0 Å². The molecule has 1 aliphatic heterocycles. The number of aromatic nitrogens is 1. The van der Waals surface area contributed by atoms with Gasteiger partial charge in [-0.3, -0.25) is 8.98 Å². The number of anilines is 1. The molecule has 5 atom stereocenters. The van der Waals surface area contributed by atoms with E-state index in [0.29, 0.717) is 43.9 Å². The van der Waals surface area contributed by atoms with E-state index in [4.69, 9.17) is 18.4 Å². The molecule has 2 unspecified atom stereocenters. The summed E-state index contributed by atoms with van der Waals surface area (Å²) in [6.07, 6.45) is 2.37. The first-order valence-corrected chi connectivity index (χ1v) is 14.2. The Hall–Kier alpha value is -2.35. The van der Waals surface area contributed by atoms with Gasteiger partial charge in [-0.15, -0.1) is 0 Å². The number of aliphatic hydroxyl groups excluding tert-OH is 1. The molecule has 0 spiro atoms. The van der Waals surface area contributed by atoms with Gasteiger partial charge in [0, 0.05) is 36.3 Å². The lowest BCUT2D eigenvalue weighted by Gasteiger charge is -2.36. The van der Waals surface area contributed by atoms with Crippen LogP contribution in [0.4, 0.5) is 5.69 Å². The molecule has 2 aromatic rings. The summed E-state index contributed by atoms with van der Waals surface area (Å²) in [6.45, 7) is 5.60. The number of pyridine rings is 1. The Morgan fingerprint density at radius 2 is 1.92 bits per heavy atom. The Morgan fingerprint density at radius 1 is 1.18 bits per heavy atom. The lowest BCUT2D eigenvalue weighted by molar-refractivity contribution is -0.202. The van der Waals surface area contributed by atoms with Crippen LogP contribution in [0.5, 0.6) is 0 Å². The number of benzene rings is 1. The third kappa shape index (κ3) is 7.39. The summed E-state index contributed by atoms with van der Waals surface area (Å²) in [5.74, 6) is -0.949. The normalized spacial score (nSPS) is 24.4. The van der Waals surface area contributed by atoms with E-state index in [-0.39, 0.29) is 42.1 Å². The minimum absolute atomic E-state index is 0.0407. The van der Waals surface area contributed by atoms with E-state index in [1.807, 2.05) is 23.6 Å². The van der Waals surface area contributed by atoms with E-state index in [1.165, 1.54) is 6.20 Å². The van der Waals surface area contributed by atoms with Gasteiger partial charge in [0.25, 0.3) is 0 Å². The van der Waals surface area contributed by atoms with Crippen molar-refractivity contribution in [1.82, 2.24) is 4.57 Å². The zero-order chi connectivity index (χ0) is 27.2. The van der Waals surface area contributed by atoms with Crippen molar-refractivity contribution in [2.75, 3.05) is 44.0 Å². The van der Waals surface area contributed by atoms with Crippen molar-refractivity contribution in [2.24, 2.45) is 5.92 Å². The van der Waals surface area contributed by atoms with Crippen molar-refractivity contribution < 1.29 is 37.6 Å². The van der Waals surface area contributed by atoms with Crippen LogP contribution in [0.25, 0.3) is 10.9 Å². The number of fused-ring (bicyclic) bond motifs is 1. The summed E-state index contributed by atoms with van der Waals surface area (Å²) < 4.78 is 36.1. The highest BCUT2D eigenvalue weighted by Gasteiger charge is 2.35. The minimum Gasteiger partial charge on any atom is -0.477 e. The fraction of sp³-hybridized carbons (Fsp3) is 0.615. The number of hydrogen-bond acceptors (Lipinski definition) is 9. The molecule has 1 saturated carbocycles.